The summed E-state index contributed by atoms with van der Waals surface area (Å²) in [6.07, 6.45) is 2.12. The van der Waals surface area contributed by atoms with Crippen LogP contribution in [-0.4, -0.2) is 234 Å². The highest BCUT2D eigenvalue weighted by atomic mass is 35.5. The Labute approximate surface area is 476 Å². The van der Waals surface area contributed by atoms with E-state index in [9.17, 15) is 28.8 Å². The number of amides is 7. The highest BCUT2D eigenvalue weighted by molar-refractivity contribution is 6.31. The van der Waals surface area contributed by atoms with Crippen molar-refractivity contribution in [3.8, 4) is 0 Å². The molecule has 3 heterocycles. The fourth-order valence-corrected chi connectivity index (χ4v) is 8.03. The number of urea groups is 2. The molecule has 0 saturated carbocycles. The van der Waals surface area contributed by atoms with Crippen LogP contribution in [0.3, 0.4) is 0 Å². The van der Waals surface area contributed by atoms with E-state index >= 15 is 0 Å². The lowest BCUT2D eigenvalue weighted by Crippen LogP contribution is -2.56. The summed E-state index contributed by atoms with van der Waals surface area (Å²) in [4.78, 5) is 81.5. The molecule has 0 unspecified atom stereocenters. The Morgan fingerprint density at radius 3 is 1.49 bits per heavy atom. The minimum absolute atomic E-state index is 0.0480. The molecule has 1 spiro atoms. The van der Waals surface area contributed by atoms with Crippen molar-refractivity contribution in [1.82, 2.24) is 20.3 Å². The van der Waals surface area contributed by atoms with Gasteiger partial charge in [-0.05, 0) is 43.2 Å². The molecular formula is C53H79ClN8O19. The fourth-order valence-electron chi connectivity index (χ4n) is 7.85. The van der Waals surface area contributed by atoms with Crippen molar-refractivity contribution in [2.75, 3.05) is 188 Å². The Kier molecular flexibility index (Phi) is 31.8. The number of hydrazine groups is 1. The molecule has 28 heteroatoms. The van der Waals surface area contributed by atoms with E-state index in [1.54, 1.807) is 59.6 Å². The summed E-state index contributed by atoms with van der Waals surface area (Å²) >= 11 is 6.10. The summed E-state index contributed by atoms with van der Waals surface area (Å²) in [5.74, 6) is 4.04. The number of nitrogens with two attached hydrogens (primary N) is 2. The first-order valence-electron chi connectivity index (χ1n) is 27.0. The maximum absolute atomic E-state index is 13.4. The molecule has 2 aromatic rings. The summed E-state index contributed by atoms with van der Waals surface area (Å²) in [5.41, 5.74) is 7.21. The number of hydrogen-bond donors (Lipinski definition) is 4. The Bertz CT molecular complexity index is 2230. The van der Waals surface area contributed by atoms with Crippen LogP contribution in [0.4, 0.5) is 21.0 Å². The van der Waals surface area contributed by atoms with Crippen molar-refractivity contribution >= 4 is 64.4 Å². The number of carbonyl (C=O) groups excluding carboxylic acids is 6. The number of imide groups is 2. The molecule has 0 aliphatic carbocycles. The molecule has 0 bridgehead atoms. The van der Waals surface area contributed by atoms with Crippen LogP contribution in [0.15, 0.2) is 54.7 Å². The smallest absolute Gasteiger partial charge is 0.335 e. The largest absolute Gasteiger partial charge is 0.397 e. The predicted molar refractivity (Wildman–Crippen MR) is 291 cm³/mol. The van der Waals surface area contributed by atoms with E-state index in [-0.39, 0.29) is 70.3 Å². The Morgan fingerprint density at radius 1 is 0.605 bits per heavy atom. The lowest BCUT2D eigenvalue weighted by molar-refractivity contribution is -0.198. The summed E-state index contributed by atoms with van der Waals surface area (Å²) in [7, 11) is 0. The van der Waals surface area contributed by atoms with E-state index < -0.39 is 29.4 Å². The van der Waals surface area contributed by atoms with Gasteiger partial charge in [0, 0.05) is 48.4 Å². The van der Waals surface area contributed by atoms with Crippen LogP contribution in [-0.2, 0) is 80.9 Å². The highest BCUT2D eigenvalue weighted by Crippen LogP contribution is 2.33. The number of carbonyl (C=O) groups is 6. The van der Waals surface area contributed by atoms with Crippen LogP contribution >= 0.6 is 11.6 Å². The number of hydrogen-bond acceptors (Lipinski definition) is 22. The van der Waals surface area contributed by atoms with Gasteiger partial charge in [-0.2, -0.15) is 0 Å². The van der Waals surface area contributed by atoms with Crippen molar-refractivity contribution < 1.29 is 90.4 Å². The number of nitrogens with one attached hydrogen (secondary N) is 2. The van der Waals surface area contributed by atoms with Gasteiger partial charge in [-0.3, -0.25) is 14.4 Å². The Morgan fingerprint density at radius 2 is 1.04 bits per heavy atom. The number of likely N-dealkylation sites (tertiary alicyclic amines) is 1. The molecular weight excluding hydrogens is 1090 g/mol. The number of nitrogens with zero attached hydrogens (tertiary/aromatic N) is 4. The number of benzene rings is 2. The number of ether oxygens (including phenoxy) is 12. The molecule has 6 N–H and O–H groups in total. The molecule has 0 atom stereocenters. The zero-order valence-electron chi connectivity index (χ0n) is 45.9. The lowest BCUT2D eigenvalue weighted by atomic mass is 9.87. The van der Waals surface area contributed by atoms with E-state index in [4.69, 9.17) is 84.9 Å². The minimum Gasteiger partial charge on any atom is -0.397 e. The van der Waals surface area contributed by atoms with Gasteiger partial charge in [0.2, 0.25) is 0 Å². The molecule has 0 radical (unpaired) electrons. The third kappa shape index (κ3) is 25.6. The van der Waals surface area contributed by atoms with E-state index in [1.165, 1.54) is 5.01 Å². The van der Waals surface area contributed by atoms with Gasteiger partial charge in [-0.25, -0.2) is 25.1 Å². The second-order valence-corrected chi connectivity index (χ2v) is 18.5. The van der Waals surface area contributed by atoms with Crippen LogP contribution in [0, 0.1) is 0 Å². The van der Waals surface area contributed by atoms with Crippen molar-refractivity contribution in [3.05, 3.63) is 65.3 Å². The van der Waals surface area contributed by atoms with E-state index in [1.807, 2.05) is 0 Å². The predicted octanol–water partition coefficient (Wildman–Crippen LogP) is 2.09. The van der Waals surface area contributed by atoms with Crippen LogP contribution in [0.2, 0.25) is 5.02 Å². The molecule has 81 heavy (non-hydrogen) atoms. The first-order chi connectivity index (χ1) is 39.5. The van der Waals surface area contributed by atoms with Gasteiger partial charge in [0.15, 0.2) is 0 Å². The molecule has 0 aromatic heterocycles. The SMILES string of the molecule is N/C(=C\N(N)CCOCCOCCOCCOCCOCCOCCOCCOCCOCCOCCOCCOCCC(=O)ON1C(=O)CCC1=O)c1cccc(NC(=O)N2CCC3(CC2)NC(=O)N(c2cccc(Cl)c2)C3=O)c1. The van der Waals surface area contributed by atoms with Gasteiger partial charge in [0.1, 0.15) is 5.54 Å². The number of halogens is 1. The van der Waals surface area contributed by atoms with Gasteiger partial charge >= 0.3 is 18.0 Å². The standard InChI is InChI=1S/C53H79ClN8O19/c54-43-4-2-6-45(40-43)61-50(66)53(58-52(61)68)10-12-59(13-11-53)51(67)57-44-5-1-3-42(39-44)46(55)41-60(56)14-16-70-18-20-72-22-24-74-26-28-76-30-32-78-34-36-80-38-37-79-35-33-77-31-29-75-27-25-73-23-21-71-19-17-69-15-9-49(65)81-62-47(63)7-8-48(62)64/h1-6,39-41H,7-38,55-56H2,(H,57,67)(H,58,68)/b46-41-. The maximum Gasteiger partial charge on any atom is 0.335 e. The molecule has 3 saturated heterocycles. The van der Waals surface area contributed by atoms with Gasteiger partial charge in [0.25, 0.3) is 17.7 Å². The monoisotopic (exact) mass is 1170 g/mol. The topological polar surface area (TPSA) is 311 Å². The summed E-state index contributed by atoms with van der Waals surface area (Å²) in [5, 5.41) is 8.10. The summed E-state index contributed by atoms with van der Waals surface area (Å²) in [6.45, 7) is 10.4. The first kappa shape index (κ1) is 66.2. The summed E-state index contributed by atoms with van der Waals surface area (Å²) < 4.78 is 65.9. The van der Waals surface area contributed by atoms with Gasteiger partial charge < -0.3 is 88.0 Å². The summed E-state index contributed by atoms with van der Waals surface area (Å²) in [6, 6.07) is 12.8. The normalized spacial score (nSPS) is 15.3. The quantitative estimate of drug-likeness (QED) is 0.0243. The van der Waals surface area contributed by atoms with Gasteiger partial charge in [0.05, 0.1) is 183 Å². The molecule has 3 aliphatic heterocycles. The third-order valence-electron chi connectivity index (χ3n) is 12.1. The second kappa shape index (κ2) is 39.0. The average molecular weight is 1170 g/mol. The molecule has 3 fully saturated rings. The molecule has 27 nitrogen and oxygen atoms in total. The van der Waals surface area contributed by atoms with Crippen molar-refractivity contribution in [2.24, 2.45) is 11.6 Å². The first-order valence-corrected chi connectivity index (χ1v) is 27.4. The molecule has 452 valence electrons. The third-order valence-corrected chi connectivity index (χ3v) is 12.4. The van der Waals surface area contributed by atoms with Crippen LogP contribution in [0.25, 0.3) is 5.70 Å². The molecule has 5 rings (SSSR count). The Hall–Kier alpha value is -5.63. The number of anilines is 2. The molecule has 2 aromatic carbocycles. The van der Waals surface area contributed by atoms with Gasteiger partial charge in [-0.15, -0.1) is 5.06 Å². The zero-order valence-corrected chi connectivity index (χ0v) is 46.7. The van der Waals surface area contributed by atoms with Gasteiger partial charge in [-0.1, -0.05) is 29.8 Å². The number of piperidine rings is 1. The molecule has 7 amide bonds. The zero-order chi connectivity index (χ0) is 57.8. The van der Waals surface area contributed by atoms with Crippen molar-refractivity contribution in [3.63, 3.8) is 0 Å². The van der Waals surface area contributed by atoms with Crippen LogP contribution < -0.4 is 27.1 Å². The van der Waals surface area contributed by atoms with Crippen molar-refractivity contribution in [1.29, 1.82) is 0 Å². The fraction of sp³-hybridized carbons (Fsp3) is 0.623. The minimum atomic E-state index is -1.09. The molecule has 3 aliphatic rings. The lowest BCUT2D eigenvalue weighted by Gasteiger charge is -2.37. The van der Waals surface area contributed by atoms with E-state index in [2.05, 4.69) is 10.6 Å². The van der Waals surface area contributed by atoms with E-state index in [0.29, 0.717) is 185 Å². The average Bonchev–Trinajstić information content (AvgIpc) is 4.13. The maximum atomic E-state index is 13.4. The van der Waals surface area contributed by atoms with Crippen LogP contribution in [0.5, 0.6) is 0 Å². The van der Waals surface area contributed by atoms with E-state index in [0.717, 1.165) is 4.90 Å². The highest BCUT2D eigenvalue weighted by Gasteiger charge is 2.53. The van der Waals surface area contributed by atoms with Crippen LogP contribution in [0.1, 0.15) is 37.7 Å². The second-order valence-electron chi connectivity index (χ2n) is 18.1. The van der Waals surface area contributed by atoms with Crippen molar-refractivity contribution in [2.45, 2.75) is 37.6 Å². The Balaban J connectivity index is 0.709. The number of hydroxylamine groups is 2. The number of rotatable bonds is 44.